The molecule has 0 saturated carbocycles. The topological polar surface area (TPSA) is 61.0 Å². The molecule has 2 heterocycles. The van der Waals surface area contributed by atoms with Crippen LogP contribution in [0.15, 0.2) is 0 Å². The van der Waals surface area contributed by atoms with Crippen molar-refractivity contribution in [3.05, 3.63) is 10.0 Å². The lowest BCUT2D eigenvalue weighted by atomic mass is 10.1. The van der Waals surface area contributed by atoms with Crippen LogP contribution in [0.1, 0.15) is 35.7 Å². The summed E-state index contributed by atoms with van der Waals surface area (Å²) in [6.07, 6.45) is 3.39. The molecule has 1 aromatic rings. The normalized spacial score (nSPS) is 26.0. The van der Waals surface area contributed by atoms with Gasteiger partial charge >= 0.3 is 0 Å². The molecule has 0 spiro atoms. The summed E-state index contributed by atoms with van der Waals surface area (Å²) in [5, 5.41) is 10.7. The maximum Gasteiger partial charge on any atom is 0.122 e. The van der Waals surface area contributed by atoms with Crippen LogP contribution in [0.4, 0.5) is 0 Å². The Labute approximate surface area is 93.8 Å². The van der Waals surface area contributed by atoms with E-state index in [1.165, 1.54) is 0 Å². The van der Waals surface area contributed by atoms with E-state index in [0.717, 1.165) is 42.4 Å². The predicted octanol–water partition coefficient (Wildman–Crippen LogP) is 1.32. The Kier molecular flexibility index (Phi) is 3.66. The van der Waals surface area contributed by atoms with Crippen molar-refractivity contribution in [2.75, 3.05) is 13.2 Å². The van der Waals surface area contributed by atoms with Crippen molar-refractivity contribution < 1.29 is 4.74 Å². The summed E-state index contributed by atoms with van der Waals surface area (Å²) in [5.41, 5.74) is 5.46. The highest BCUT2D eigenvalue weighted by Crippen LogP contribution is 2.31. The zero-order valence-corrected chi connectivity index (χ0v) is 9.80. The zero-order valence-electron chi connectivity index (χ0n) is 8.98. The Hall–Kier alpha value is -0.520. The molecule has 0 aromatic carbocycles. The van der Waals surface area contributed by atoms with Gasteiger partial charge in [0.1, 0.15) is 10.0 Å². The summed E-state index contributed by atoms with van der Waals surface area (Å²) in [6.45, 7) is 3.63. The van der Waals surface area contributed by atoms with E-state index in [1.54, 1.807) is 11.3 Å². The molecule has 2 atom stereocenters. The molecule has 1 aliphatic rings. The summed E-state index contributed by atoms with van der Waals surface area (Å²) in [7, 11) is 0. The first-order valence-electron chi connectivity index (χ1n) is 5.43. The van der Waals surface area contributed by atoms with Crippen molar-refractivity contribution in [1.82, 2.24) is 10.2 Å². The third-order valence-corrected chi connectivity index (χ3v) is 3.77. The minimum absolute atomic E-state index is 0.367. The second kappa shape index (κ2) is 5.01. The van der Waals surface area contributed by atoms with E-state index in [1.807, 2.05) is 0 Å². The molecule has 2 unspecified atom stereocenters. The smallest absolute Gasteiger partial charge is 0.122 e. The Morgan fingerprint density at radius 2 is 2.40 bits per heavy atom. The summed E-state index contributed by atoms with van der Waals surface area (Å²) in [5.74, 6) is 0.462. The van der Waals surface area contributed by atoms with E-state index in [0.29, 0.717) is 12.0 Å². The Morgan fingerprint density at radius 3 is 3.07 bits per heavy atom. The van der Waals surface area contributed by atoms with Gasteiger partial charge in [0.25, 0.3) is 0 Å². The van der Waals surface area contributed by atoms with Gasteiger partial charge < -0.3 is 10.5 Å². The average Bonchev–Trinajstić information content (AvgIpc) is 2.83. The largest absolute Gasteiger partial charge is 0.378 e. The van der Waals surface area contributed by atoms with Gasteiger partial charge in [-0.3, -0.25) is 0 Å². The van der Waals surface area contributed by atoms with Gasteiger partial charge in [0.2, 0.25) is 0 Å². The average molecular weight is 227 g/mol. The summed E-state index contributed by atoms with van der Waals surface area (Å²) in [4.78, 5) is 0. The lowest BCUT2D eigenvalue weighted by Crippen LogP contribution is -1.99. The van der Waals surface area contributed by atoms with Gasteiger partial charge in [-0.1, -0.05) is 0 Å². The van der Waals surface area contributed by atoms with E-state index >= 15 is 0 Å². The number of nitrogens with two attached hydrogens (primary N) is 1. The lowest BCUT2D eigenvalue weighted by Gasteiger charge is -1.99. The number of ether oxygens (including phenoxy) is 1. The lowest BCUT2D eigenvalue weighted by molar-refractivity contribution is 0.123. The third-order valence-electron chi connectivity index (χ3n) is 2.62. The first-order chi connectivity index (χ1) is 7.29. The van der Waals surface area contributed by atoms with Crippen LogP contribution in [0.25, 0.3) is 0 Å². The number of rotatable bonds is 4. The van der Waals surface area contributed by atoms with E-state index in [9.17, 15) is 0 Å². The molecule has 1 saturated heterocycles. The molecule has 4 nitrogen and oxygen atoms in total. The van der Waals surface area contributed by atoms with Gasteiger partial charge in [0, 0.05) is 12.3 Å². The highest BCUT2D eigenvalue weighted by Gasteiger charge is 2.26. The fourth-order valence-corrected chi connectivity index (χ4v) is 2.76. The second-order valence-corrected chi connectivity index (χ2v) is 5.10. The molecular formula is C10H17N3OS. The molecule has 1 fully saturated rings. The SMILES string of the molecule is CC1CC(c2nnc(CCCN)s2)CO1. The van der Waals surface area contributed by atoms with Crippen molar-refractivity contribution in [3.63, 3.8) is 0 Å². The zero-order chi connectivity index (χ0) is 10.7. The van der Waals surface area contributed by atoms with Crippen LogP contribution in [0.2, 0.25) is 0 Å². The quantitative estimate of drug-likeness (QED) is 0.842. The highest BCUT2D eigenvalue weighted by atomic mass is 32.1. The highest BCUT2D eigenvalue weighted by molar-refractivity contribution is 7.11. The predicted molar refractivity (Wildman–Crippen MR) is 60.1 cm³/mol. The molecule has 5 heteroatoms. The molecule has 0 aliphatic carbocycles. The number of aryl methyl sites for hydroxylation is 1. The van der Waals surface area contributed by atoms with Crippen LogP contribution in [-0.4, -0.2) is 29.5 Å². The summed E-state index contributed by atoms with van der Waals surface area (Å²) in [6, 6.07) is 0. The van der Waals surface area contributed by atoms with Crippen LogP contribution in [-0.2, 0) is 11.2 Å². The second-order valence-electron chi connectivity index (χ2n) is 4.00. The monoisotopic (exact) mass is 227 g/mol. The first-order valence-corrected chi connectivity index (χ1v) is 6.25. The van der Waals surface area contributed by atoms with Gasteiger partial charge in [-0.05, 0) is 26.3 Å². The molecule has 0 bridgehead atoms. The van der Waals surface area contributed by atoms with Gasteiger partial charge in [-0.2, -0.15) is 0 Å². The van der Waals surface area contributed by atoms with Crippen LogP contribution in [0, 0.1) is 0 Å². The number of hydrogen-bond donors (Lipinski definition) is 1. The maximum absolute atomic E-state index is 5.53. The molecule has 15 heavy (non-hydrogen) atoms. The summed E-state index contributed by atoms with van der Waals surface area (Å²) >= 11 is 1.71. The Morgan fingerprint density at radius 1 is 1.53 bits per heavy atom. The van der Waals surface area contributed by atoms with E-state index in [4.69, 9.17) is 10.5 Å². The van der Waals surface area contributed by atoms with Crippen molar-refractivity contribution in [3.8, 4) is 0 Å². The number of nitrogens with zero attached hydrogens (tertiary/aromatic N) is 2. The minimum Gasteiger partial charge on any atom is -0.378 e. The van der Waals surface area contributed by atoms with Crippen LogP contribution < -0.4 is 5.73 Å². The molecule has 0 radical (unpaired) electrons. The maximum atomic E-state index is 5.53. The minimum atomic E-state index is 0.367. The van der Waals surface area contributed by atoms with E-state index in [-0.39, 0.29) is 0 Å². The van der Waals surface area contributed by atoms with Crippen molar-refractivity contribution >= 4 is 11.3 Å². The van der Waals surface area contributed by atoms with Crippen LogP contribution >= 0.6 is 11.3 Å². The van der Waals surface area contributed by atoms with Crippen molar-refractivity contribution in [1.29, 1.82) is 0 Å². The molecular weight excluding hydrogens is 210 g/mol. The van der Waals surface area contributed by atoms with E-state index in [2.05, 4.69) is 17.1 Å². The Bertz CT molecular complexity index is 315. The molecule has 2 N–H and O–H groups in total. The van der Waals surface area contributed by atoms with Gasteiger partial charge in [-0.15, -0.1) is 21.5 Å². The van der Waals surface area contributed by atoms with Gasteiger partial charge in [0.15, 0.2) is 0 Å². The molecule has 1 aromatic heterocycles. The number of hydrogen-bond acceptors (Lipinski definition) is 5. The molecule has 1 aliphatic heterocycles. The van der Waals surface area contributed by atoms with Gasteiger partial charge in [0.05, 0.1) is 12.7 Å². The molecule has 2 rings (SSSR count). The molecule has 84 valence electrons. The fourth-order valence-electron chi connectivity index (χ4n) is 1.78. The number of aromatic nitrogens is 2. The van der Waals surface area contributed by atoms with E-state index < -0.39 is 0 Å². The summed E-state index contributed by atoms with van der Waals surface area (Å²) < 4.78 is 5.53. The molecule has 0 amide bonds. The van der Waals surface area contributed by atoms with Gasteiger partial charge in [-0.25, -0.2) is 0 Å². The first kappa shape index (κ1) is 11.0. The van der Waals surface area contributed by atoms with Crippen LogP contribution in [0.5, 0.6) is 0 Å². The van der Waals surface area contributed by atoms with Crippen molar-refractivity contribution in [2.24, 2.45) is 5.73 Å². The fraction of sp³-hybridized carbons (Fsp3) is 0.800. The Balaban J connectivity index is 1.94. The third kappa shape index (κ3) is 2.74. The van der Waals surface area contributed by atoms with Crippen molar-refractivity contribution in [2.45, 2.75) is 38.2 Å². The standard InChI is InChI=1S/C10H17N3OS/c1-7-5-8(6-14-7)10-13-12-9(15-10)3-2-4-11/h7-8H,2-6,11H2,1H3. The van der Waals surface area contributed by atoms with Crippen LogP contribution in [0.3, 0.4) is 0 Å².